The Hall–Kier alpha value is -3.09. The van der Waals surface area contributed by atoms with Crippen LogP contribution < -0.4 is 5.63 Å². The summed E-state index contributed by atoms with van der Waals surface area (Å²) in [4.78, 5) is 23.9. The zero-order valence-corrected chi connectivity index (χ0v) is 15.5. The molecule has 1 N–H and O–H groups in total. The van der Waals surface area contributed by atoms with Crippen molar-refractivity contribution in [1.82, 2.24) is 5.16 Å². The average Bonchev–Trinajstić information content (AvgIpc) is 2.95. The van der Waals surface area contributed by atoms with Crippen molar-refractivity contribution in [3.63, 3.8) is 0 Å². The highest BCUT2D eigenvalue weighted by Gasteiger charge is 2.14. The SMILES string of the molecule is CCc1cc2c(COC(=O)CCc3c(C)noc3C)cc(=O)oc2cc1O. The molecule has 3 aromatic rings. The lowest BCUT2D eigenvalue weighted by Gasteiger charge is -2.09. The molecule has 0 saturated carbocycles. The molecule has 0 amide bonds. The van der Waals surface area contributed by atoms with Crippen LogP contribution in [0.2, 0.25) is 0 Å². The van der Waals surface area contributed by atoms with E-state index in [0.717, 1.165) is 16.8 Å². The molecule has 7 heteroatoms. The molecular formula is C20H21NO6. The van der Waals surface area contributed by atoms with Gasteiger partial charge in [-0.05, 0) is 38.3 Å². The standard InChI is InChI=1S/C20H21NO6/c1-4-13-7-16-14(8-20(24)26-18(16)9-17(13)22)10-25-19(23)6-5-15-11(2)21-27-12(15)3/h7-9,22H,4-6,10H2,1-3H3. The summed E-state index contributed by atoms with van der Waals surface area (Å²) in [7, 11) is 0. The van der Waals surface area contributed by atoms with Gasteiger partial charge in [0.25, 0.3) is 0 Å². The number of carbonyl (C=O) groups excluding carboxylic acids is 1. The van der Waals surface area contributed by atoms with Gasteiger partial charge >= 0.3 is 11.6 Å². The van der Waals surface area contributed by atoms with Gasteiger partial charge < -0.3 is 18.8 Å². The Labute approximate surface area is 155 Å². The summed E-state index contributed by atoms with van der Waals surface area (Å²) in [5.41, 5.74) is 2.63. The molecular weight excluding hydrogens is 350 g/mol. The van der Waals surface area contributed by atoms with E-state index in [0.29, 0.717) is 29.6 Å². The van der Waals surface area contributed by atoms with E-state index in [-0.39, 0.29) is 30.3 Å². The first-order valence-corrected chi connectivity index (χ1v) is 8.75. The molecule has 7 nitrogen and oxygen atoms in total. The molecule has 0 bridgehead atoms. The molecule has 3 rings (SSSR count). The Morgan fingerprint density at radius 1 is 1.22 bits per heavy atom. The van der Waals surface area contributed by atoms with Crippen molar-refractivity contribution in [2.45, 2.75) is 46.6 Å². The Kier molecular flexibility index (Phi) is 5.30. The van der Waals surface area contributed by atoms with Gasteiger partial charge in [0.05, 0.1) is 5.69 Å². The van der Waals surface area contributed by atoms with Crippen molar-refractivity contribution >= 4 is 16.9 Å². The molecule has 142 valence electrons. The van der Waals surface area contributed by atoms with Gasteiger partial charge in [-0.1, -0.05) is 12.1 Å². The van der Waals surface area contributed by atoms with Crippen molar-refractivity contribution in [1.29, 1.82) is 0 Å². The summed E-state index contributed by atoms with van der Waals surface area (Å²) in [6, 6.07) is 4.47. The van der Waals surface area contributed by atoms with E-state index in [9.17, 15) is 14.7 Å². The number of carbonyl (C=O) groups is 1. The molecule has 0 spiro atoms. The van der Waals surface area contributed by atoms with Crippen LogP contribution in [0.25, 0.3) is 11.0 Å². The van der Waals surface area contributed by atoms with Gasteiger partial charge in [0, 0.05) is 35.1 Å². The number of phenols is 1. The van der Waals surface area contributed by atoms with Gasteiger partial charge in [-0.25, -0.2) is 4.79 Å². The quantitative estimate of drug-likeness (QED) is 0.523. The van der Waals surface area contributed by atoms with E-state index in [4.69, 9.17) is 13.7 Å². The van der Waals surface area contributed by atoms with Crippen molar-refractivity contribution < 1.29 is 23.6 Å². The zero-order valence-electron chi connectivity index (χ0n) is 15.5. The predicted molar refractivity (Wildman–Crippen MR) is 97.6 cm³/mol. The van der Waals surface area contributed by atoms with Crippen molar-refractivity contribution in [3.05, 3.63) is 56.8 Å². The number of aromatic hydroxyl groups is 1. The summed E-state index contributed by atoms with van der Waals surface area (Å²) >= 11 is 0. The first kappa shape index (κ1) is 18.7. The van der Waals surface area contributed by atoms with Gasteiger partial charge in [-0.15, -0.1) is 0 Å². The van der Waals surface area contributed by atoms with Crippen LogP contribution in [0.1, 0.15) is 41.5 Å². The normalized spacial score (nSPS) is 11.1. The number of esters is 1. The fourth-order valence-electron chi connectivity index (χ4n) is 3.03. The molecule has 0 aliphatic heterocycles. The summed E-state index contributed by atoms with van der Waals surface area (Å²) < 4.78 is 15.6. The Morgan fingerprint density at radius 3 is 2.67 bits per heavy atom. The third kappa shape index (κ3) is 4.02. The van der Waals surface area contributed by atoms with Gasteiger partial charge in [0.1, 0.15) is 23.7 Å². The van der Waals surface area contributed by atoms with E-state index < -0.39 is 5.63 Å². The topological polar surface area (TPSA) is 103 Å². The maximum absolute atomic E-state index is 12.1. The Morgan fingerprint density at radius 2 is 2.00 bits per heavy atom. The van der Waals surface area contributed by atoms with Gasteiger partial charge in [-0.2, -0.15) is 0 Å². The van der Waals surface area contributed by atoms with E-state index in [2.05, 4.69) is 5.16 Å². The number of aryl methyl sites for hydroxylation is 3. The molecule has 0 atom stereocenters. The number of aromatic nitrogens is 1. The molecule has 1 aromatic carbocycles. The molecule has 0 aliphatic rings. The third-order valence-corrected chi connectivity index (χ3v) is 4.56. The third-order valence-electron chi connectivity index (χ3n) is 4.56. The minimum Gasteiger partial charge on any atom is -0.508 e. The molecule has 27 heavy (non-hydrogen) atoms. The molecule has 0 radical (unpaired) electrons. The highest BCUT2D eigenvalue weighted by Crippen LogP contribution is 2.27. The minimum atomic E-state index is -0.562. The van der Waals surface area contributed by atoms with Crippen molar-refractivity contribution in [3.8, 4) is 5.75 Å². The highest BCUT2D eigenvalue weighted by molar-refractivity contribution is 5.83. The summed E-state index contributed by atoms with van der Waals surface area (Å²) in [6.07, 6.45) is 1.28. The van der Waals surface area contributed by atoms with Crippen LogP contribution in [0.15, 0.2) is 31.9 Å². The Bertz CT molecular complexity index is 1030. The van der Waals surface area contributed by atoms with Crippen molar-refractivity contribution in [2.24, 2.45) is 0 Å². The second kappa shape index (κ2) is 7.65. The number of hydrogen-bond donors (Lipinski definition) is 1. The van der Waals surface area contributed by atoms with E-state index in [1.54, 1.807) is 13.0 Å². The molecule has 0 saturated heterocycles. The number of phenolic OH excluding ortho intramolecular Hbond substituents is 1. The van der Waals surface area contributed by atoms with Gasteiger partial charge in [0.15, 0.2) is 0 Å². The minimum absolute atomic E-state index is 0.0452. The second-order valence-electron chi connectivity index (χ2n) is 6.38. The number of ether oxygens (including phenoxy) is 1. The number of nitrogens with zero attached hydrogens (tertiary/aromatic N) is 1. The first-order chi connectivity index (χ1) is 12.9. The van der Waals surface area contributed by atoms with E-state index in [1.807, 2.05) is 13.8 Å². The summed E-state index contributed by atoms with van der Waals surface area (Å²) in [5.74, 6) is 0.381. The van der Waals surface area contributed by atoms with Crippen molar-refractivity contribution in [2.75, 3.05) is 0 Å². The molecule has 0 fully saturated rings. The predicted octanol–water partition coefficient (Wildman–Crippen LogP) is 3.34. The van der Waals surface area contributed by atoms with Crippen LogP contribution in [-0.4, -0.2) is 16.2 Å². The van der Waals surface area contributed by atoms with Gasteiger partial charge in [-0.3, -0.25) is 4.79 Å². The first-order valence-electron chi connectivity index (χ1n) is 8.75. The maximum Gasteiger partial charge on any atom is 0.336 e. The monoisotopic (exact) mass is 371 g/mol. The number of fused-ring (bicyclic) bond motifs is 1. The summed E-state index contributed by atoms with van der Waals surface area (Å²) in [6.45, 7) is 5.49. The average molecular weight is 371 g/mol. The smallest absolute Gasteiger partial charge is 0.336 e. The van der Waals surface area contributed by atoms with E-state index >= 15 is 0 Å². The Balaban J connectivity index is 1.74. The zero-order chi connectivity index (χ0) is 19.6. The molecule has 2 heterocycles. The van der Waals surface area contributed by atoms with Crippen LogP contribution in [0.4, 0.5) is 0 Å². The lowest BCUT2D eigenvalue weighted by Crippen LogP contribution is -2.09. The largest absolute Gasteiger partial charge is 0.508 e. The molecule has 2 aromatic heterocycles. The maximum atomic E-state index is 12.1. The fourth-order valence-corrected chi connectivity index (χ4v) is 3.03. The van der Waals surface area contributed by atoms with Crippen LogP contribution in [0.5, 0.6) is 5.75 Å². The van der Waals surface area contributed by atoms with Crippen LogP contribution in [0.3, 0.4) is 0 Å². The molecule has 0 unspecified atom stereocenters. The second-order valence-corrected chi connectivity index (χ2v) is 6.38. The van der Waals surface area contributed by atoms with Gasteiger partial charge in [0.2, 0.25) is 0 Å². The summed E-state index contributed by atoms with van der Waals surface area (Å²) in [5, 5.41) is 14.5. The van der Waals surface area contributed by atoms with E-state index in [1.165, 1.54) is 12.1 Å². The lowest BCUT2D eigenvalue weighted by atomic mass is 10.0. The number of hydrogen-bond acceptors (Lipinski definition) is 7. The highest BCUT2D eigenvalue weighted by atomic mass is 16.5. The van der Waals surface area contributed by atoms with Crippen LogP contribution in [0, 0.1) is 13.8 Å². The number of rotatable bonds is 6. The lowest BCUT2D eigenvalue weighted by molar-refractivity contribution is -0.144. The molecule has 0 aliphatic carbocycles. The fraction of sp³-hybridized carbons (Fsp3) is 0.350. The van der Waals surface area contributed by atoms with Crippen LogP contribution in [-0.2, 0) is 29.0 Å². The van der Waals surface area contributed by atoms with Crippen LogP contribution >= 0.6 is 0 Å². The number of benzene rings is 1.